The highest BCUT2D eigenvalue weighted by Gasteiger charge is 2.24. The summed E-state index contributed by atoms with van der Waals surface area (Å²) in [6.45, 7) is 4.41. The van der Waals surface area contributed by atoms with E-state index in [4.69, 9.17) is 5.11 Å². The summed E-state index contributed by atoms with van der Waals surface area (Å²) in [6.07, 6.45) is 1.91. The van der Waals surface area contributed by atoms with E-state index in [2.05, 4.69) is 11.8 Å². The van der Waals surface area contributed by atoms with E-state index in [1.807, 2.05) is 12.1 Å². The number of carbonyl (C=O) groups excluding carboxylic acids is 1. The molecule has 0 radical (unpaired) electrons. The number of nitrogens with zero attached hydrogens (tertiary/aromatic N) is 1. The van der Waals surface area contributed by atoms with Crippen LogP contribution in [-0.2, 0) is 4.79 Å². The van der Waals surface area contributed by atoms with Gasteiger partial charge in [-0.1, -0.05) is 6.92 Å². The first-order chi connectivity index (χ1) is 10.1. The predicted octanol–water partition coefficient (Wildman–Crippen LogP) is 3.23. The van der Waals surface area contributed by atoms with Crippen molar-refractivity contribution in [2.75, 3.05) is 25.4 Å². The molecule has 1 fully saturated rings. The maximum atomic E-state index is 12.2. The monoisotopic (exact) mass is 327 g/mol. The Balaban J connectivity index is 1.75. The van der Waals surface area contributed by atoms with Crippen LogP contribution in [0.1, 0.15) is 35.9 Å². The third-order valence-corrected chi connectivity index (χ3v) is 5.97. The molecule has 0 spiro atoms. The Bertz CT molecular complexity index is 493. The van der Waals surface area contributed by atoms with Gasteiger partial charge in [0.05, 0.1) is 15.0 Å². The first-order valence-corrected chi connectivity index (χ1v) is 9.11. The second-order valence-corrected chi connectivity index (χ2v) is 7.83. The fourth-order valence-corrected chi connectivity index (χ4v) is 4.49. The van der Waals surface area contributed by atoms with Crippen LogP contribution >= 0.6 is 23.1 Å². The van der Waals surface area contributed by atoms with Gasteiger partial charge in [-0.05, 0) is 43.8 Å². The van der Waals surface area contributed by atoms with Crippen LogP contribution in [-0.4, -0.2) is 47.1 Å². The van der Waals surface area contributed by atoms with Gasteiger partial charge in [0, 0.05) is 13.0 Å². The summed E-state index contributed by atoms with van der Waals surface area (Å²) in [5, 5.41) is 8.96. The molecule has 4 nitrogen and oxygen atoms in total. The molecule has 0 atom stereocenters. The molecule has 2 heterocycles. The third-order valence-electron chi connectivity index (χ3n) is 3.73. The highest BCUT2D eigenvalue weighted by atomic mass is 32.2. The number of ketones is 1. The lowest BCUT2D eigenvalue weighted by atomic mass is 9.97. The van der Waals surface area contributed by atoms with Crippen molar-refractivity contribution in [2.24, 2.45) is 5.92 Å². The minimum Gasteiger partial charge on any atom is -0.481 e. The molecule has 116 valence electrons. The van der Waals surface area contributed by atoms with Crippen molar-refractivity contribution in [3.8, 4) is 0 Å². The second kappa shape index (κ2) is 7.96. The number of piperidine rings is 1. The molecule has 0 aliphatic carbocycles. The lowest BCUT2D eigenvalue weighted by molar-refractivity contribution is -0.143. The molecular formula is C15H21NO3S2. The maximum absolute atomic E-state index is 12.2. The number of rotatable bonds is 7. The van der Waals surface area contributed by atoms with Crippen molar-refractivity contribution in [3.05, 3.63) is 17.0 Å². The van der Waals surface area contributed by atoms with Crippen LogP contribution in [0.15, 0.2) is 16.3 Å². The van der Waals surface area contributed by atoms with E-state index in [1.54, 1.807) is 23.1 Å². The van der Waals surface area contributed by atoms with Gasteiger partial charge in [0.1, 0.15) is 0 Å². The summed E-state index contributed by atoms with van der Waals surface area (Å²) in [5.74, 6) is 0.323. The molecule has 6 heteroatoms. The fraction of sp³-hybridized carbons (Fsp3) is 0.600. The molecular weight excluding hydrogens is 306 g/mol. The Morgan fingerprint density at radius 3 is 2.71 bits per heavy atom. The van der Waals surface area contributed by atoms with Gasteiger partial charge in [-0.15, -0.1) is 23.1 Å². The van der Waals surface area contributed by atoms with Crippen LogP contribution in [0.2, 0.25) is 0 Å². The maximum Gasteiger partial charge on any atom is 0.306 e. The molecule has 1 saturated heterocycles. The number of Topliss-reactive ketones (excluding diaryl/α,β-unsaturated/α-hetero) is 1. The highest BCUT2D eigenvalue weighted by molar-refractivity contribution is 8.01. The molecule has 0 saturated carbocycles. The molecule has 0 amide bonds. The van der Waals surface area contributed by atoms with Crippen molar-refractivity contribution < 1.29 is 14.7 Å². The van der Waals surface area contributed by atoms with Gasteiger partial charge in [0.15, 0.2) is 5.78 Å². The van der Waals surface area contributed by atoms with Gasteiger partial charge in [-0.25, -0.2) is 0 Å². The van der Waals surface area contributed by atoms with Gasteiger partial charge < -0.3 is 10.0 Å². The lowest BCUT2D eigenvalue weighted by Gasteiger charge is -2.29. The highest BCUT2D eigenvalue weighted by Crippen LogP contribution is 2.28. The first-order valence-electron chi connectivity index (χ1n) is 7.31. The average molecular weight is 327 g/mol. The SMILES string of the molecule is CCSc1ccc(C(=O)CCN2CCC(C(=O)O)CC2)s1. The van der Waals surface area contributed by atoms with Crippen molar-refractivity contribution in [3.63, 3.8) is 0 Å². The summed E-state index contributed by atoms with van der Waals surface area (Å²) < 4.78 is 1.20. The smallest absolute Gasteiger partial charge is 0.306 e. The van der Waals surface area contributed by atoms with Gasteiger partial charge in [0.25, 0.3) is 0 Å². The minimum atomic E-state index is -0.690. The number of carboxylic acids is 1. The Morgan fingerprint density at radius 2 is 2.10 bits per heavy atom. The number of aliphatic carboxylic acids is 1. The van der Waals surface area contributed by atoms with Crippen LogP contribution in [0.3, 0.4) is 0 Å². The molecule has 1 aromatic heterocycles. The molecule has 0 unspecified atom stereocenters. The molecule has 0 bridgehead atoms. The first kappa shape index (κ1) is 16.5. The Hall–Kier alpha value is -0.850. The molecule has 21 heavy (non-hydrogen) atoms. The number of thiophene rings is 1. The van der Waals surface area contributed by atoms with E-state index < -0.39 is 5.97 Å². The topological polar surface area (TPSA) is 57.6 Å². The zero-order chi connectivity index (χ0) is 15.2. The number of carboxylic acid groups (broad SMARTS) is 1. The zero-order valence-electron chi connectivity index (χ0n) is 12.2. The van der Waals surface area contributed by atoms with Crippen LogP contribution < -0.4 is 0 Å². The quantitative estimate of drug-likeness (QED) is 0.615. The van der Waals surface area contributed by atoms with Gasteiger partial charge >= 0.3 is 5.97 Å². The number of likely N-dealkylation sites (tertiary alicyclic amines) is 1. The third kappa shape index (κ3) is 4.83. The van der Waals surface area contributed by atoms with Gasteiger partial charge in [0.2, 0.25) is 0 Å². The van der Waals surface area contributed by atoms with E-state index in [-0.39, 0.29) is 11.7 Å². The molecule has 2 rings (SSSR count). The molecule has 1 N–H and O–H groups in total. The van der Waals surface area contributed by atoms with Gasteiger partial charge in [-0.2, -0.15) is 0 Å². The minimum absolute atomic E-state index is 0.198. The number of hydrogen-bond acceptors (Lipinski definition) is 5. The summed E-state index contributed by atoms with van der Waals surface area (Å²) >= 11 is 3.34. The predicted molar refractivity (Wildman–Crippen MR) is 86.5 cm³/mol. The Labute approximate surface area is 133 Å². The van der Waals surface area contributed by atoms with E-state index in [1.165, 1.54) is 4.21 Å². The normalized spacial score (nSPS) is 17.0. The summed E-state index contributed by atoms with van der Waals surface area (Å²) in [6, 6.07) is 3.94. The molecule has 1 aromatic rings. The van der Waals surface area contributed by atoms with Crippen LogP contribution in [0.4, 0.5) is 0 Å². The Morgan fingerprint density at radius 1 is 1.38 bits per heavy atom. The van der Waals surface area contributed by atoms with E-state index >= 15 is 0 Å². The zero-order valence-corrected chi connectivity index (χ0v) is 13.8. The van der Waals surface area contributed by atoms with Crippen molar-refractivity contribution in [1.29, 1.82) is 0 Å². The van der Waals surface area contributed by atoms with Crippen molar-refractivity contribution in [1.82, 2.24) is 4.90 Å². The standard InChI is InChI=1S/C15H21NO3S2/c1-2-20-14-4-3-13(21-14)12(17)7-10-16-8-5-11(6-9-16)15(18)19/h3-4,11H,2,5-10H2,1H3,(H,18,19). The molecule has 1 aliphatic rings. The average Bonchev–Trinajstić information content (AvgIpc) is 2.94. The van der Waals surface area contributed by atoms with E-state index in [0.29, 0.717) is 19.3 Å². The Kier molecular flexibility index (Phi) is 6.26. The fourth-order valence-electron chi connectivity index (χ4n) is 2.48. The van der Waals surface area contributed by atoms with Crippen LogP contribution in [0.25, 0.3) is 0 Å². The number of thioether (sulfide) groups is 1. The summed E-state index contributed by atoms with van der Waals surface area (Å²) in [7, 11) is 0. The van der Waals surface area contributed by atoms with Crippen LogP contribution in [0.5, 0.6) is 0 Å². The summed E-state index contributed by atoms with van der Waals surface area (Å²) in [4.78, 5) is 26.1. The summed E-state index contributed by atoms with van der Waals surface area (Å²) in [5.41, 5.74) is 0. The van der Waals surface area contributed by atoms with Crippen LogP contribution in [0, 0.1) is 5.92 Å². The number of carbonyl (C=O) groups is 2. The van der Waals surface area contributed by atoms with Crippen molar-refractivity contribution in [2.45, 2.75) is 30.4 Å². The number of hydrogen-bond donors (Lipinski definition) is 1. The van der Waals surface area contributed by atoms with Crippen molar-refractivity contribution >= 4 is 34.9 Å². The second-order valence-electron chi connectivity index (χ2n) is 5.18. The molecule has 1 aliphatic heterocycles. The lowest BCUT2D eigenvalue weighted by Crippen LogP contribution is -2.37. The molecule has 0 aromatic carbocycles. The van der Waals surface area contributed by atoms with Gasteiger partial charge in [-0.3, -0.25) is 9.59 Å². The largest absolute Gasteiger partial charge is 0.481 e. The van der Waals surface area contributed by atoms with E-state index in [0.717, 1.165) is 30.3 Å². The van der Waals surface area contributed by atoms with E-state index in [9.17, 15) is 9.59 Å².